The molecule has 0 atom stereocenters. The third-order valence-corrected chi connectivity index (χ3v) is 2.75. The van der Waals surface area contributed by atoms with E-state index < -0.39 is 0 Å². The van der Waals surface area contributed by atoms with Gasteiger partial charge in [-0.05, 0) is 36.6 Å². The number of benzene rings is 1. The predicted molar refractivity (Wildman–Crippen MR) is 64.8 cm³/mol. The fourth-order valence-electron chi connectivity index (χ4n) is 1.91. The molecule has 0 saturated heterocycles. The highest BCUT2D eigenvalue weighted by Crippen LogP contribution is 2.23. The number of aryl methyl sites for hydroxylation is 1. The molecule has 2 rings (SSSR count). The van der Waals surface area contributed by atoms with E-state index in [9.17, 15) is 9.59 Å². The van der Waals surface area contributed by atoms with E-state index in [1.807, 2.05) is 18.2 Å². The molecular weight excluding hydrogens is 216 g/mol. The van der Waals surface area contributed by atoms with Gasteiger partial charge >= 0.3 is 5.97 Å². The summed E-state index contributed by atoms with van der Waals surface area (Å²) in [4.78, 5) is 22.7. The van der Waals surface area contributed by atoms with Crippen LogP contribution in [0.25, 0.3) is 6.08 Å². The molecule has 1 aliphatic rings. The number of carbonyl (C=O) groups is 2. The molecule has 0 bridgehead atoms. The lowest BCUT2D eigenvalue weighted by Crippen LogP contribution is -1.98. The van der Waals surface area contributed by atoms with Gasteiger partial charge in [0, 0.05) is 18.1 Å². The van der Waals surface area contributed by atoms with E-state index in [0.29, 0.717) is 13.0 Å². The van der Waals surface area contributed by atoms with E-state index in [4.69, 9.17) is 4.74 Å². The molecule has 0 heterocycles. The summed E-state index contributed by atoms with van der Waals surface area (Å²) in [5, 5.41) is 0. The van der Waals surface area contributed by atoms with E-state index >= 15 is 0 Å². The normalized spacial score (nSPS) is 14.1. The monoisotopic (exact) mass is 230 g/mol. The highest BCUT2D eigenvalue weighted by atomic mass is 16.5. The van der Waals surface area contributed by atoms with Crippen LogP contribution in [0.3, 0.4) is 0 Å². The lowest BCUT2D eigenvalue weighted by molar-refractivity contribution is -0.137. The van der Waals surface area contributed by atoms with Crippen LogP contribution < -0.4 is 0 Å². The maximum Gasteiger partial charge on any atom is 0.330 e. The number of rotatable bonds is 3. The van der Waals surface area contributed by atoms with Crippen LogP contribution in [0.15, 0.2) is 24.3 Å². The SMILES string of the molecule is CCOC(=O)C=Cc1ccc2c(c1)C(=O)CC2. The van der Waals surface area contributed by atoms with Gasteiger partial charge in [0.1, 0.15) is 0 Å². The molecule has 0 amide bonds. The van der Waals surface area contributed by atoms with Gasteiger partial charge in [0.25, 0.3) is 0 Å². The Morgan fingerprint density at radius 2 is 2.24 bits per heavy atom. The molecule has 0 N–H and O–H groups in total. The Labute approximate surface area is 100 Å². The van der Waals surface area contributed by atoms with Crippen LogP contribution >= 0.6 is 0 Å². The lowest BCUT2D eigenvalue weighted by atomic mass is 10.1. The van der Waals surface area contributed by atoms with Crippen molar-refractivity contribution in [2.45, 2.75) is 19.8 Å². The van der Waals surface area contributed by atoms with Crippen molar-refractivity contribution in [1.82, 2.24) is 0 Å². The highest BCUT2D eigenvalue weighted by molar-refractivity contribution is 6.01. The number of Topliss-reactive ketones (excluding diaryl/α,β-unsaturated/α-hetero) is 1. The van der Waals surface area contributed by atoms with E-state index in [1.165, 1.54) is 6.08 Å². The predicted octanol–water partition coefficient (Wildman–Crippen LogP) is 2.39. The molecule has 0 fully saturated rings. The van der Waals surface area contributed by atoms with Crippen molar-refractivity contribution in [3.05, 3.63) is 41.0 Å². The number of esters is 1. The zero-order valence-electron chi connectivity index (χ0n) is 9.73. The molecule has 0 unspecified atom stereocenters. The fraction of sp³-hybridized carbons (Fsp3) is 0.286. The molecule has 3 nitrogen and oxygen atoms in total. The zero-order valence-corrected chi connectivity index (χ0v) is 9.73. The minimum Gasteiger partial charge on any atom is -0.463 e. The molecule has 88 valence electrons. The molecule has 1 aliphatic carbocycles. The summed E-state index contributed by atoms with van der Waals surface area (Å²) >= 11 is 0. The third kappa shape index (κ3) is 2.61. The van der Waals surface area contributed by atoms with Crippen LogP contribution in [0.1, 0.15) is 34.8 Å². The first-order chi connectivity index (χ1) is 8.20. The van der Waals surface area contributed by atoms with Crippen molar-refractivity contribution in [3.8, 4) is 0 Å². The Hall–Kier alpha value is -1.90. The van der Waals surface area contributed by atoms with Gasteiger partial charge in [-0.15, -0.1) is 0 Å². The van der Waals surface area contributed by atoms with Crippen LogP contribution in [0.2, 0.25) is 0 Å². The second-order valence-electron chi connectivity index (χ2n) is 3.93. The average molecular weight is 230 g/mol. The molecule has 0 spiro atoms. The Morgan fingerprint density at radius 1 is 1.41 bits per heavy atom. The lowest BCUT2D eigenvalue weighted by Gasteiger charge is -1.99. The van der Waals surface area contributed by atoms with Crippen molar-refractivity contribution in [1.29, 1.82) is 0 Å². The van der Waals surface area contributed by atoms with Crippen molar-refractivity contribution in [2.24, 2.45) is 0 Å². The zero-order chi connectivity index (χ0) is 12.3. The van der Waals surface area contributed by atoms with Gasteiger partial charge in [0.15, 0.2) is 5.78 Å². The van der Waals surface area contributed by atoms with Gasteiger partial charge in [-0.25, -0.2) is 4.79 Å². The van der Waals surface area contributed by atoms with Gasteiger partial charge in [-0.1, -0.05) is 12.1 Å². The minimum atomic E-state index is -0.362. The van der Waals surface area contributed by atoms with Gasteiger partial charge in [-0.3, -0.25) is 4.79 Å². The van der Waals surface area contributed by atoms with Crippen molar-refractivity contribution < 1.29 is 14.3 Å². The maximum atomic E-state index is 11.5. The van der Waals surface area contributed by atoms with E-state index in [0.717, 1.165) is 23.1 Å². The van der Waals surface area contributed by atoms with Crippen molar-refractivity contribution >= 4 is 17.8 Å². The molecular formula is C14H14O3. The van der Waals surface area contributed by atoms with Crippen LogP contribution in [0.4, 0.5) is 0 Å². The molecule has 1 aromatic rings. The summed E-state index contributed by atoms with van der Waals surface area (Å²) in [5.41, 5.74) is 2.74. The number of ketones is 1. The van der Waals surface area contributed by atoms with Crippen molar-refractivity contribution in [2.75, 3.05) is 6.61 Å². The number of hydrogen-bond donors (Lipinski definition) is 0. The maximum absolute atomic E-state index is 11.5. The molecule has 0 aromatic heterocycles. The molecule has 1 aromatic carbocycles. The summed E-state index contributed by atoms with van der Waals surface area (Å²) < 4.78 is 4.78. The largest absolute Gasteiger partial charge is 0.463 e. The Kier molecular flexibility index (Phi) is 3.38. The average Bonchev–Trinajstić information content (AvgIpc) is 2.69. The van der Waals surface area contributed by atoms with E-state index in [2.05, 4.69) is 0 Å². The Bertz CT molecular complexity index is 486. The second kappa shape index (κ2) is 4.95. The van der Waals surface area contributed by atoms with Crippen LogP contribution in [-0.4, -0.2) is 18.4 Å². The first-order valence-electron chi connectivity index (χ1n) is 5.71. The summed E-state index contributed by atoms with van der Waals surface area (Å²) in [7, 11) is 0. The van der Waals surface area contributed by atoms with Gasteiger partial charge in [0.05, 0.1) is 6.61 Å². The number of hydrogen-bond acceptors (Lipinski definition) is 3. The Balaban J connectivity index is 2.16. The smallest absolute Gasteiger partial charge is 0.330 e. The number of carbonyl (C=O) groups excluding carboxylic acids is 2. The minimum absolute atomic E-state index is 0.186. The van der Waals surface area contributed by atoms with Crippen molar-refractivity contribution in [3.63, 3.8) is 0 Å². The first kappa shape index (κ1) is 11.6. The summed E-state index contributed by atoms with van der Waals surface area (Å²) in [6.07, 6.45) is 4.48. The molecule has 0 aliphatic heterocycles. The Morgan fingerprint density at radius 3 is 3.00 bits per heavy atom. The van der Waals surface area contributed by atoms with E-state index in [-0.39, 0.29) is 11.8 Å². The summed E-state index contributed by atoms with van der Waals surface area (Å²) in [5.74, 6) is -0.175. The van der Waals surface area contributed by atoms with Crippen LogP contribution in [0, 0.1) is 0 Å². The highest BCUT2D eigenvalue weighted by Gasteiger charge is 2.18. The topological polar surface area (TPSA) is 43.4 Å². The molecule has 3 heteroatoms. The summed E-state index contributed by atoms with van der Waals surface area (Å²) in [6.45, 7) is 2.13. The van der Waals surface area contributed by atoms with Gasteiger partial charge < -0.3 is 4.74 Å². The fourth-order valence-corrected chi connectivity index (χ4v) is 1.91. The van der Waals surface area contributed by atoms with Gasteiger partial charge in [-0.2, -0.15) is 0 Å². The first-order valence-corrected chi connectivity index (χ1v) is 5.71. The third-order valence-electron chi connectivity index (χ3n) is 2.75. The summed E-state index contributed by atoms with van der Waals surface area (Å²) in [6, 6.07) is 5.69. The molecule has 17 heavy (non-hydrogen) atoms. The number of ether oxygens (including phenoxy) is 1. The molecule has 0 radical (unpaired) electrons. The quantitative estimate of drug-likeness (QED) is 0.591. The van der Waals surface area contributed by atoms with E-state index in [1.54, 1.807) is 13.0 Å². The second-order valence-corrected chi connectivity index (χ2v) is 3.93. The van der Waals surface area contributed by atoms with Gasteiger partial charge in [0.2, 0.25) is 0 Å². The van der Waals surface area contributed by atoms with Crippen LogP contribution in [-0.2, 0) is 16.0 Å². The molecule has 0 saturated carbocycles. The standard InChI is InChI=1S/C14H14O3/c1-2-17-14(16)8-4-10-3-5-11-6-7-13(15)12(11)9-10/h3-5,8-9H,2,6-7H2,1H3. The van der Waals surface area contributed by atoms with Crippen LogP contribution in [0.5, 0.6) is 0 Å². The number of fused-ring (bicyclic) bond motifs is 1.